The third kappa shape index (κ3) is 1.40. The van der Waals surface area contributed by atoms with Gasteiger partial charge in [-0.3, -0.25) is 5.10 Å². The van der Waals surface area contributed by atoms with Crippen LogP contribution in [-0.2, 0) is 5.41 Å². The summed E-state index contributed by atoms with van der Waals surface area (Å²) in [7, 11) is 0. The van der Waals surface area contributed by atoms with E-state index in [0.717, 1.165) is 5.69 Å². The Bertz CT molecular complexity index is 285. The average Bonchev–Trinajstić information content (AvgIpc) is 2.31. The fraction of sp³-hybridized carbons (Fsp3) is 0.500. The Hall–Kier alpha value is -1.30. The van der Waals surface area contributed by atoms with Crippen molar-refractivity contribution in [1.82, 2.24) is 10.2 Å². The molecule has 1 heterocycles. The van der Waals surface area contributed by atoms with Crippen molar-refractivity contribution in [2.45, 2.75) is 26.2 Å². The summed E-state index contributed by atoms with van der Waals surface area (Å²) < 4.78 is 0. The minimum atomic E-state index is -0.0175. The number of hydrogen-bond donors (Lipinski definition) is 1. The predicted octanol–water partition coefficient (Wildman–Crippen LogP) is 2.26. The molecule has 0 aliphatic carbocycles. The molecule has 3 heteroatoms. The van der Waals surface area contributed by atoms with Crippen LogP contribution in [0.15, 0.2) is 6.20 Å². The van der Waals surface area contributed by atoms with Gasteiger partial charge in [-0.1, -0.05) is 20.8 Å². The molecule has 1 aromatic heterocycles. The number of aromatic nitrogens is 2. The Morgan fingerprint density at radius 1 is 1.55 bits per heavy atom. The van der Waals surface area contributed by atoms with Gasteiger partial charge in [-0.25, -0.2) is 4.85 Å². The zero-order chi connectivity index (χ0) is 8.48. The van der Waals surface area contributed by atoms with Gasteiger partial charge in [0.15, 0.2) is 0 Å². The summed E-state index contributed by atoms with van der Waals surface area (Å²) in [6, 6.07) is 0. The van der Waals surface area contributed by atoms with Gasteiger partial charge in [0.2, 0.25) is 5.69 Å². The van der Waals surface area contributed by atoms with E-state index in [1.54, 1.807) is 6.20 Å². The van der Waals surface area contributed by atoms with Gasteiger partial charge in [-0.2, -0.15) is 5.10 Å². The highest BCUT2D eigenvalue weighted by Gasteiger charge is 2.19. The molecule has 0 bridgehead atoms. The number of nitrogens with one attached hydrogen (secondary N) is 1. The first-order valence-electron chi connectivity index (χ1n) is 3.47. The number of hydrogen-bond acceptors (Lipinski definition) is 1. The van der Waals surface area contributed by atoms with Gasteiger partial charge >= 0.3 is 0 Å². The molecule has 0 saturated carbocycles. The molecule has 0 aliphatic heterocycles. The normalized spacial score (nSPS) is 11.1. The molecule has 3 nitrogen and oxygen atoms in total. The molecule has 0 unspecified atom stereocenters. The number of nitrogens with zero attached hydrogens (tertiary/aromatic N) is 2. The number of rotatable bonds is 0. The Morgan fingerprint density at radius 2 is 2.18 bits per heavy atom. The summed E-state index contributed by atoms with van der Waals surface area (Å²) in [5.41, 5.74) is 1.51. The maximum Gasteiger partial charge on any atom is 0.227 e. The van der Waals surface area contributed by atoms with Crippen LogP contribution in [0.25, 0.3) is 4.85 Å². The highest BCUT2D eigenvalue weighted by Crippen LogP contribution is 2.28. The van der Waals surface area contributed by atoms with Crippen LogP contribution in [0, 0.1) is 6.57 Å². The third-order valence-electron chi connectivity index (χ3n) is 1.49. The van der Waals surface area contributed by atoms with Crippen molar-refractivity contribution in [2.24, 2.45) is 0 Å². The summed E-state index contributed by atoms with van der Waals surface area (Å²) in [5.74, 6) is 0. The highest BCUT2D eigenvalue weighted by atomic mass is 15.1. The molecule has 1 N–H and O–H groups in total. The molecule has 0 fully saturated rings. The van der Waals surface area contributed by atoms with Gasteiger partial charge < -0.3 is 0 Å². The van der Waals surface area contributed by atoms with Gasteiger partial charge in [0, 0.05) is 5.69 Å². The molecule has 1 aromatic rings. The third-order valence-corrected chi connectivity index (χ3v) is 1.49. The molecule has 0 saturated heterocycles. The molecule has 0 spiro atoms. The van der Waals surface area contributed by atoms with Crippen LogP contribution in [0.1, 0.15) is 26.5 Å². The second kappa shape index (κ2) is 2.39. The van der Waals surface area contributed by atoms with Crippen LogP contribution in [0.4, 0.5) is 5.69 Å². The van der Waals surface area contributed by atoms with Crippen LogP contribution >= 0.6 is 0 Å². The molecule has 0 atom stereocenters. The molecular formula is C8H11N3. The van der Waals surface area contributed by atoms with Crippen molar-refractivity contribution < 1.29 is 0 Å². The molecule has 1 rings (SSSR count). The summed E-state index contributed by atoms with van der Waals surface area (Å²) >= 11 is 0. The van der Waals surface area contributed by atoms with Crippen LogP contribution in [0.3, 0.4) is 0 Å². The van der Waals surface area contributed by atoms with Gasteiger partial charge in [-0.05, 0) is 5.41 Å². The lowest BCUT2D eigenvalue weighted by atomic mass is 9.91. The van der Waals surface area contributed by atoms with Gasteiger partial charge in [-0.15, -0.1) is 0 Å². The van der Waals surface area contributed by atoms with E-state index in [-0.39, 0.29) is 5.41 Å². The maximum atomic E-state index is 6.85. The van der Waals surface area contributed by atoms with Gasteiger partial charge in [0.05, 0.1) is 12.8 Å². The lowest BCUT2D eigenvalue weighted by molar-refractivity contribution is 0.569. The first kappa shape index (κ1) is 7.80. The van der Waals surface area contributed by atoms with Gasteiger partial charge in [0.25, 0.3) is 0 Å². The van der Waals surface area contributed by atoms with Crippen molar-refractivity contribution in [3.8, 4) is 0 Å². The second-order valence-electron chi connectivity index (χ2n) is 3.49. The van der Waals surface area contributed by atoms with Crippen molar-refractivity contribution in [1.29, 1.82) is 0 Å². The lowest BCUT2D eigenvalue weighted by Gasteiger charge is -2.16. The smallest absolute Gasteiger partial charge is 0.227 e. The Morgan fingerprint density at radius 3 is 2.55 bits per heavy atom. The second-order valence-corrected chi connectivity index (χ2v) is 3.49. The van der Waals surface area contributed by atoms with E-state index in [2.05, 4.69) is 35.8 Å². The van der Waals surface area contributed by atoms with Crippen molar-refractivity contribution in [3.05, 3.63) is 23.3 Å². The van der Waals surface area contributed by atoms with E-state index in [0.29, 0.717) is 5.69 Å². The Balaban J connectivity index is 3.15. The van der Waals surface area contributed by atoms with Crippen LogP contribution < -0.4 is 0 Å². The summed E-state index contributed by atoms with van der Waals surface area (Å²) in [6.45, 7) is 13.0. The summed E-state index contributed by atoms with van der Waals surface area (Å²) in [5, 5.41) is 6.65. The van der Waals surface area contributed by atoms with Crippen LogP contribution in [0.2, 0.25) is 0 Å². The topological polar surface area (TPSA) is 33.0 Å². The molecule has 58 valence electrons. The monoisotopic (exact) mass is 149 g/mol. The molecular weight excluding hydrogens is 138 g/mol. The predicted molar refractivity (Wildman–Crippen MR) is 43.5 cm³/mol. The van der Waals surface area contributed by atoms with Crippen molar-refractivity contribution in [2.75, 3.05) is 0 Å². The number of H-pyrrole nitrogens is 1. The Labute approximate surface area is 66.3 Å². The zero-order valence-corrected chi connectivity index (χ0v) is 6.97. The molecule has 0 aliphatic rings. The molecule has 0 aromatic carbocycles. The first-order valence-corrected chi connectivity index (χ1v) is 3.47. The summed E-state index contributed by atoms with van der Waals surface area (Å²) in [6.07, 6.45) is 1.56. The quantitative estimate of drug-likeness (QED) is 0.564. The molecule has 0 radical (unpaired) electrons. The highest BCUT2D eigenvalue weighted by molar-refractivity contribution is 5.49. The number of aromatic amines is 1. The van der Waals surface area contributed by atoms with E-state index >= 15 is 0 Å². The van der Waals surface area contributed by atoms with E-state index in [9.17, 15) is 0 Å². The van der Waals surface area contributed by atoms with E-state index in [4.69, 9.17) is 6.57 Å². The van der Waals surface area contributed by atoms with E-state index < -0.39 is 0 Å². The molecule has 0 amide bonds. The largest absolute Gasteiger partial charge is 0.294 e. The lowest BCUT2D eigenvalue weighted by Crippen LogP contribution is -2.11. The maximum absolute atomic E-state index is 6.85. The van der Waals surface area contributed by atoms with Gasteiger partial charge in [0.1, 0.15) is 0 Å². The fourth-order valence-electron chi connectivity index (χ4n) is 0.916. The van der Waals surface area contributed by atoms with E-state index in [1.165, 1.54) is 0 Å². The standard InChI is InChI=1S/C8H11N3/c1-8(2,3)7-6(9-4)5-10-11-7/h5H,1-3H3,(H,10,11). The minimum absolute atomic E-state index is 0.0175. The summed E-state index contributed by atoms with van der Waals surface area (Å²) in [4.78, 5) is 3.35. The van der Waals surface area contributed by atoms with Crippen LogP contribution in [0.5, 0.6) is 0 Å². The average molecular weight is 149 g/mol. The fourth-order valence-corrected chi connectivity index (χ4v) is 0.916. The minimum Gasteiger partial charge on any atom is -0.294 e. The van der Waals surface area contributed by atoms with Crippen LogP contribution in [-0.4, -0.2) is 10.2 Å². The first-order chi connectivity index (χ1) is 5.05. The Kier molecular flexibility index (Phi) is 1.69. The van der Waals surface area contributed by atoms with Crippen molar-refractivity contribution >= 4 is 5.69 Å². The van der Waals surface area contributed by atoms with E-state index in [1.807, 2.05) is 0 Å². The SMILES string of the molecule is [C-]#[N+]c1cn[nH]c1C(C)(C)C. The molecule has 11 heavy (non-hydrogen) atoms. The van der Waals surface area contributed by atoms with Crippen molar-refractivity contribution in [3.63, 3.8) is 0 Å². The zero-order valence-electron chi connectivity index (χ0n) is 6.97.